The van der Waals surface area contributed by atoms with Crippen LogP contribution >= 0.6 is 0 Å². The Morgan fingerprint density at radius 3 is 2.62 bits per heavy atom. The lowest BCUT2D eigenvalue weighted by Crippen LogP contribution is -2.48. The van der Waals surface area contributed by atoms with Gasteiger partial charge in [0.05, 0.1) is 23.8 Å². The number of rotatable bonds is 11. The topological polar surface area (TPSA) is 116 Å². The van der Waals surface area contributed by atoms with Crippen LogP contribution in [0.1, 0.15) is 58.4 Å². The monoisotopic (exact) mass is 507 g/mol. The van der Waals surface area contributed by atoms with Crippen LogP contribution in [0.25, 0.3) is 0 Å². The standard InChI is InChI=1S/C28H33N3O6/c1-29-26(34)25(8-3-15-32)31-27(35)23-10-9-22(18-24(23)28(31)36)37-16-4-6-19-5-2-7-20(17-19)30-13-11-21(33)12-14-30/h2,5,7,9-10,15,17-18,21,25,33H,3-4,6,8,11-14,16H2,1H3,(H,29,34). The number of amides is 3. The first-order valence-electron chi connectivity index (χ1n) is 12.7. The van der Waals surface area contributed by atoms with Crippen molar-refractivity contribution in [3.8, 4) is 5.75 Å². The van der Waals surface area contributed by atoms with Gasteiger partial charge in [0.15, 0.2) is 0 Å². The van der Waals surface area contributed by atoms with Crippen LogP contribution in [0.4, 0.5) is 5.69 Å². The Morgan fingerprint density at radius 2 is 1.89 bits per heavy atom. The molecule has 0 saturated carbocycles. The lowest BCUT2D eigenvalue weighted by molar-refractivity contribution is -0.124. The average Bonchev–Trinajstić information content (AvgIpc) is 3.16. The quantitative estimate of drug-likeness (QED) is 0.272. The van der Waals surface area contributed by atoms with E-state index in [4.69, 9.17) is 4.74 Å². The fraction of sp³-hybridized carbons (Fsp3) is 0.429. The summed E-state index contributed by atoms with van der Waals surface area (Å²) in [6.45, 7) is 2.14. The largest absolute Gasteiger partial charge is 0.494 e. The summed E-state index contributed by atoms with van der Waals surface area (Å²) in [5.74, 6) is -1.12. The first-order valence-corrected chi connectivity index (χ1v) is 12.7. The first-order chi connectivity index (χ1) is 17.9. The molecule has 0 aromatic heterocycles. The van der Waals surface area contributed by atoms with Crippen LogP contribution in [0.15, 0.2) is 42.5 Å². The number of anilines is 1. The maximum absolute atomic E-state index is 13.0. The molecule has 2 aliphatic rings. The molecule has 2 aromatic carbocycles. The molecule has 1 atom stereocenters. The van der Waals surface area contributed by atoms with Crippen LogP contribution in [0.2, 0.25) is 0 Å². The molecule has 2 heterocycles. The van der Waals surface area contributed by atoms with E-state index in [9.17, 15) is 24.3 Å². The molecule has 0 bridgehead atoms. The molecule has 0 aliphatic carbocycles. The second kappa shape index (κ2) is 12.0. The molecule has 0 radical (unpaired) electrons. The number of piperidine rings is 1. The maximum atomic E-state index is 13.0. The number of carbonyl (C=O) groups excluding carboxylic acids is 4. The van der Waals surface area contributed by atoms with Gasteiger partial charge in [0.2, 0.25) is 5.91 Å². The van der Waals surface area contributed by atoms with E-state index < -0.39 is 23.8 Å². The molecular weight excluding hydrogens is 474 g/mol. The van der Waals surface area contributed by atoms with Crippen molar-refractivity contribution < 1.29 is 29.0 Å². The molecule has 2 N–H and O–H groups in total. The second-order valence-electron chi connectivity index (χ2n) is 9.40. The Morgan fingerprint density at radius 1 is 1.14 bits per heavy atom. The first kappa shape index (κ1) is 26.3. The Bertz CT molecular complexity index is 1160. The number of carbonyl (C=O) groups is 4. The SMILES string of the molecule is CNC(=O)C(CCC=O)N1C(=O)c2ccc(OCCCc3cccc(N4CCC(O)CC4)c3)cc2C1=O. The number of nitrogens with one attached hydrogen (secondary N) is 1. The van der Waals surface area contributed by atoms with Crippen molar-refractivity contribution in [1.29, 1.82) is 0 Å². The molecule has 0 spiro atoms. The third kappa shape index (κ3) is 5.99. The van der Waals surface area contributed by atoms with Gasteiger partial charge in [-0.2, -0.15) is 0 Å². The highest BCUT2D eigenvalue weighted by atomic mass is 16.5. The summed E-state index contributed by atoms with van der Waals surface area (Å²) in [4.78, 5) is 52.3. The lowest BCUT2D eigenvalue weighted by atomic mass is 10.1. The Labute approximate surface area is 216 Å². The summed E-state index contributed by atoms with van der Waals surface area (Å²) in [5.41, 5.74) is 2.79. The molecule has 9 heteroatoms. The fourth-order valence-corrected chi connectivity index (χ4v) is 4.88. The predicted molar refractivity (Wildman–Crippen MR) is 138 cm³/mol. The predicted octanol–water partition coefficient (Wildman–Crippen LogP) is 2.35. The number of aliphatic hydroxyl groups is 1. The van der Waals surface area contributed by atoms with Gasteiger partial charge >= 0.3 is 0 Å². The zero-order valence-electron chi connectivity index (χ0n) is 21.0. The van der Waals surface area contributed by atoms with E-state index in [1.165, 1.54) is 18.3 Å². The van der Waals surface area contributed by atoms with Gasteiger partial charge in [0.1, 0.15) is 18.1 Å². The molecule has 2 aromatic rings. The number of aliphatic hydroxyl groups excluding tert-OH is 1. The number of aldehydes is 1. The van der Waals surface area contributed by atoms with E-state index in [-0.39, 0.29) is 30.1 Å². The number of fused-ring (bicyclic) bond motifs is 1. The van der Waals surface area contributed by atoms with Crippen LogP contribution in [-0.4, -0.2) is 72.9 Å². The van der Waals surface area contributed by atoms with Crippen molar-refractivity contribution in [2.75, 3.05) is 31.6 Å². The van der Waals surface area contributed by atoms with E-state index in [2.05, 4.69) is 28.4 Å². The number of hydrogen-bond acceptors (Lipinski definition) is 7. The number of likely N-dealkylation sites (N-methyl/N-ethyl adjacent to an activating group) is 1. The molecule has 1 fully saturated rings. The summed E-state index contributed by atoms with van der Waals surface area (Å²) in [6, 6.07) is 12.1. The highest BCUT2D eigenvalue weighted by Crippen LogP contribution is 2.30. The summed E-state index contributed by atoms with van der Waals surface area (Å²) in [5, 5.41) is 12.2. The van der Waals surface area contributed by atoms with E-state index in [0.717, 1.165) is 43.7 Å². The number of benzene rings is 2. The summed E-state index contributed by atoms with van der Waals surface area (Å²) in [6.07, 6.45) is 3.75. The lowest BCUT2D eigenvalue weighted by Gasteiger charge is -2.31. The minimum absolute atomic E-state index is 0.0594. The molecule has 37 heavy (non-hydrogen) atoms. The third-order valence-corrected chi connectivity index (χ3v) is 6.93. The Kier molecular flexibility index (Phi) is 8.55. The highest BCUT2D eigenvalue weighted by molar-refractivity contribution is 6.23. The fourth-order valence-electron chi connectivity index (χ4n) is 4.88. The minimum Gasteiger partial charge on any atom is -0.494 e. The van der Waals surface area contributed by atoms with Gasteiger partial charge in [-0.15, -0.1) is 0 Å². The molecule has 9 nitrogen and oxygen atoms in total. The molecule has 2 aliphatic heterocycles. The summed E-state index contributed by atoms with van der Waals surface area (Å²) in [7, 11) is 1.43. The zero-order valence-corrected chi connectivity index (χ0v) is 21.0. The van der Waals surface area contributed by atoms with Crippen LogP contribution in [0, 0.1) is 0 Å². The van der Waals surface area contributed by atoms with Crippen LogP contribution in [0.3, 0.4) is 0 Å². The van der Waals surface area contributed by atoms with Crippen molar-refractivity contribution in [3.63, 3.8) is 0 Å². The van der Waals surface area contributed by atoms with Gasteiger partial charge < -0.3 is 24.9 Å². The van der Waals surface area contributed by atoms with Crippen LogP contribution in [0.5, 0.6) is 5.75 Å². The van der Waals surface area contributed by atoms with Gasteiger partial charge in [-0.1, -0.05) is 12.1 Å². The van der Waals surface area contributed by atoms with Gasteiger partial charge in [-0.05, 0) is 68.0 Å². The molecule has 1 saturated heterocycles. The molecular formula is C28H33N3O6. The molecule has 1 unspecified atom stereocenters. The van der Waals surface area contributed by atoms with Crippen molar-refractivity contribution in [2.24, 2.45) is 0 Å². The van der Waals surface area contributed by atoms with E-state index in [0.29, 0.717) is 18.6 Å². The van der Waals surface area contributed by atoms with Crippen molar-refractivity contribution >= 4 is 29.7 Å². The second-order valence-corrected chi connectivity index (χ2v) is 9.40. The van der Waals surface area contributed by atoms with Crippen LogP contribution < -0.4 is 15.0 Å². The van der Waals surface area contributed by atoms with Crippen LogP contribution in [-0.2, 0) is 16.0 Å². The van der Waals surface area contributed by atoms with Crippen molar-refractivity contribution in [1.82, 2.24) is 10.2 Å². The van der Waals surface area contributed by atoms with Gasteiger partial charge in [-0.25, -0.2) is 0 Å². The molecule has 196 valence electrons. The van der Waals surface area contributed by atoms with Gasteiger partial charge in [-0.3, -0.25) is 19.3 Å². The third-order valence-electron chi connectivity index (χ3n) is 6.93. The Balaban J connectivity index is 1.34. The Hall–Kier alpha value is -3.72. The number of nitrogens with zero attached hydrogens (tertiary/aromatic N) is 2. The number of ether oxygens (including phenoxy) is 1. The van der Waals surface area contributed by atoms with E-state index in [1.54, 1.807) is 18.2 Å². The summed E-state index contributed by atoms with van der Waals surface area (Å²) >= 11 is 0. The average molecular weight is 508 g/mol. The number of imide groups is 1. The molecule has 4 rings (SSSR count). The normalized spacial score (nSPS) is 16.5. The van der Waals surface area contributed by atoms with E-state index in [1.807, 2.05) is 6.07 Å². The van der Waals surface area contributed by atoms with Crippen molar-refractivity contribution in [2.45, 2.75) is 50.7 Å². The smallest absolute Gasteiger partial charge is 0.262 e. The van der Waals surface area contributed by atoms with Crippen molar-refractivity contribution in [3.05, 3.63) is 59.2 Å². The minimum atomic E-state index is -1.04. The zero-order chi connectivity index (χ0) is 26.4. The van der Waals surface area contributed by atoms with E-state index >= 15 is 0 Å². The number of hydrogen-bond donors (Lipinski definition) is 2. The van der Waals surface area contributed by atoms with Gasteiger partial charge in [0, 0.05) is 32.2 Å². The maximum Gasteiger partial charge on any atom is 0.262 e. The molecule has 3 amide bonds. The number of aryl methyl sites for hydroxylation is 1. The highest BCUT2D eigenvalue weighted by Gasteiger charge is 2.42. The van der Waals surface area contributed by atoms with Gasteiger partial charge in [0.25, 0.3) is 11.8 Å². The summed E-state index contributed by atoms with van der Waals surface area (Å²) < 4.78 is 5.88.